The van der Waals surface area contributed by atoms with Crippen LogP contribution in [-0.4, -0.2) is 4.98 Å². The highest BCUT2D eigenvalue weighted by molar-refractivity contribution is 5.53. The number of hydrogen-bond donors (Lipinski definition) is 0. The Kier molecular flexibility index (Phi) is 3.27. The first-order chi connectivity index (χ1) is 5.84. The monoisotopic (exact) mass is 159 g/mol. The first-order valence-corrected chi connectivity index (χ1v) is 4.04. The predicted molar refractivity (Wildman–Crippen MR) is 52.8 cm³/mol. The van der Waals surface area contributed by atoms with Crippen molar-refractivity contribution < 1.29 is 0 Å². The number of aryl methyl sites for hydroxylation is 1. The highest BCUT2D eigenvalue weighted by Crippen LogP contribution is 2.06. The van der Waals surface area contributed by atoms with Gasteiger partial charge in [0.05, 0.1) is 0 Å². The van der Waals surface area contributed by atoms with E-state index in [1.54, 1.807) is 0 Å². The number of pyridine rings is 1. The van der Waals surface area contributed by atoms with Crippen molar-refractivity contribution in [3.8, 4) is 0 Å². The van der Waals surface area contributed by atoms with Crippen LogP contribution >= 0.6 is 0 Å². The molecule has 1 heteroatoms. The first-order valence-electron chi connectivity index (χ1n) is 4.04. The molecule has 0 aromatic carbocycles. The summed E-state index contributed by atoms with van der Waals surface area (Å²) in [6.45, 7) is 4.08. The molecular formula is C11H13N. The van der Waals surface area contributed by atoms with E-state index in [9.17, 15) is 0 Å². The van der Waals surface area contributed by atoms with Gasteiger partial charge in [-0.1, -0.05) is 24.3 Å². The maximum Gasteiger partial charge on any atom is 0.0342 e. The molecule has 1 heterocycles. The Hall–Kier alpha value is -1.37. The van der Waals surface area contributed by atoms with Gasteiger partial charge in [-0.3, -0.25) is 4.98 Å². The van der Waals surface area contributed by atoms with Gasteiger partial charge in [-0.15, -0.1) is 0 Å². The third-order valence-corrected chi connectivity index (χ3v) is 1.66. The molecule has 0 aliphatic carbocycles. The number of aromatic nitrogens is 1. The average molecular weight is 159 g/mol. The van der Waals surface area contributed by atoms with E-state index in [4.69, 9.17) is 0 Å². The molecule has 0 spiro atoms. The Labute approximate surface area is 73.5 Å². The second-order valence-corrected chi connectivity index (χ2v) is 2.62. The van der Waals surface area contributed by atoms with Gasteiger partial charge in [0.1, 0.15) is 0 Å². The van der Waals surface area contributed by atoms with Gasteiger partial charge in [0, 0.05) is 12.4 Å². The van der Waals surface area contributed by atoms with Crippen molar-refractivity contribution in [2.45, 2.75) is 13.8 Å². The molecule has 0 N–H and O–H groups in total. The van der Waals surface area contributed by atoms with E-state index in [1.165, 1.54) is 11.1 Å². The minimum absolute atomic E-state index is 1.18. The lowest BCUT2D eigenvalue weighted by Crippen LogP contribution is -1.80. The molecule has 0 saturated carbocycles. The Morgan fingerprint density at radius 3 is 2.83 bits per heavy atom. The molecule has 62 valence electrons. The van der Waals surface area contributed by atoms with E-state index in [0.29, 0.717) is 0 Å². The Bertz CT molecular complexity index is 298. The first kappa shape index (κ1) is 8.72. The molecular weight excluding hydrogens is 146 g/mol. The molecule has 0 amide bonds. The summed E-state index contributed by atoms with van der Waals surface area (Å²) in [7, 11) is 0. The quantitative estimate of drug-likeness (QED) is 0.604. The molecule has 0 fully saturated rings. The van der Waals surface area contributed by atoms with Crippen LogP contribution in [0.5, 0.6) is 0 Å². The maximum atomic E-state index is 4.05. The van der Waals surface area contributed by atoms with E-state index >= 15 is 0 Å². The minimum Gasteiger partial charge on any atom is -0.264 e. The van der Waals surface area contributed by atoms with Crippen LogP contribution in [0, 0.1) is 6.92 Å². The summed E-state index contributed by atoms with van der Waals surface area (Å²) in [6, 6.07) is 2.01. The van der Waals surface area contributed by atoms with Crippen LogP contribution in [0.2, 0.25) is 0 Å². The Morgan fingerprint density at radius 1 is 1.33 bits per heavy atom. The zero-order valence-corrected chi connectivity index (χ0v) is 7.49. The number of rotatable bonds is 2. The highest BCUT2D eigenvalue weighted by atomic mass is 14.6. The van der Waals surface area contributed by atoms with Crippen molar-refractivity contribution in [2.24, 2.45) is 0 Å². The molecule has 1 rings (SSSR count). The van der Waals surface area contributed by atoms with Gasteiger partial charge >= 0.3 is 0 Å². The zero-order valence-electron chi connectivity index (χ0n) is 7.49. The average Bonchev–Trinajstić information content (AvgIpc) is 2.09. The molecule has 0 aliphatic rings. The fourth-order valence-corrected chi connectivity index (χ4v) is 0.921. The van der Waals surface area contributed by atoms with Crippen molar-refractivity contribution in [3.63, 3.8) is 0 Å². The van der Waals surface area contributed by atoms with Crippen LogP contribution < -0.4 is 0 Å². The SMILES string of the molecule is C/C=C\C=C/c1cnccc1C. The van der Waals surface area contributed by atoms with Crippen LogP contribution in [0.3, 0.4) is 0 Å². The summed E-state index contributed by atoms with van der Waals surface area (Å²) in [4.78, 5) is 4.05. The molecule has 1 nitrogen and oxygen atoms in total. The topological polar surface area (TPSA) is 12.9 Å². The Balaban J connectivity index is 2.82. The van der Waals surface area contributed by atoms with Gasteiger partial charge in [0.25, 0.3) is 0 Å². The van der Waals surface area contributed by atoms with Gasteiger partial charge in [-0.2, -0.15) is 0 Å². The van der Waals surface area contributed by atoms with Crippen LogP contribution in [0.15, 0.2) is 36.7 Å². The largest absolute Gasteiger partial charge is 0.264 e. The second-order valence-electron chi connectivity index (χ2n) is 2.62. The third-order valence-electron chi connectivity index (χ3n) is 1.66. The van der Waals surface area contributed by atoms with E-state index in [0.717, 1.165) is 0 Å². The van der Waals surface area contributed by atoms with Crippen LogP contribution in [0.1, 0.15) is 18.1 Å². The van der Waals surface area contributed by atoms with Crippen molar-refractivity contribution in [2.75, 3.05) is 0 Å². The number of allylic oxidation sites excluding steroid dienone is 3. The van der Waals surface area contributed by atoms with E-state index < -0.39 is 0 Å². The van der Waals surface area contributed by atoms with Crippen molar-refractivity contribution >= 4 is 6.08 Å². The number of hydrogen-bond acceptors (Lipinski definition) is 1. The number of nitrogens with zero attached hydrogens (tertiary/aromatic N) is 1. The summed E-state index contributed by atoms with van der Waals surface area (Å²) in [5.74, 6) is 0. The lowest BCUT2D eigenvalue weighted by Gasteiger charge is -1.95. The summed E-state index contributed by atoms with van der Waals surface area (Å²) >= 11 is 0. The fourth-order valence-electron chi connectivity index (χ4n) is 0.921. The van der Waals surface area contributed by atoms with Gasteiger partial charge < -0.3 is 0 Å². The van der Waals surface area contributed by atoms with E-state index in [-0.39, 0.29) is 0 Å². The van der Waals surface area contributed by atoms with Crippen molar-refractivity contribution in [1.82, 2.24) is 4.98 Å². The van der Waals surface area contributed by atoms with Gasteiger partial charge in [-0.25, -0.2) is 0 Å². The fraction of sp³-hybridized carbons (Fsp3) is 0.182. The van der Waals surface area contributed by atoms with E-state index in [1.807, 2.05) is 43.6 Å². The zero-order chi connectivity index (χ0) is 8.81. The summed E-state index contributed by atoms with van der Waals surface area (Å²) in [5, 5.41) is 0. The molecule has 0 radical (unpaired) electrons. The van der Waals surface area contributed by atoms with Gasteiger partial charge in [0.15, 0.2) is 0 Å². The van der Waals surface area contributed by atoms with Gasteiger partial charge in [0.2, 0.25) is 0 Å². The molecule has 0 saturated heterocycles. The highest BCUT2D eigenvalue weighted by Gasteiger charge is 1.89. The van der Waals surface area contributed by atoms with Crippen LogP contribution in [0.4, 0.5) is 0 Å². The minimum atomic E-state index is 1.18. The molecule has 1 aromatic heterocycles. The molecule has 0 aliphatic heterocycles. The molecule has 0 atom stereocenters. The van der Waals surface area contributed by atoms with E-state index in [2.05, 4.69) is 18.0 Å². The van der Waals surface area contributed by atoms with Crippen molar-refractivity contribution in [3.05, 3.63) is 47.8 Å². The second kappa shape index (κ2) is 4.50. The summed E-state index contributed by atoms with van der Waals surface area (Å²) < 4.78 is 0. The molecule has 0 bridgehead atoms. The molecule has 1 aromatic rings. The lowest BCUT2D eigenvalue weighted by atomic mass is 10.1. The predicted octanol–water partition coefficient (Wildman–Crippen LogP) is 2.98. The third kappa shape index (κ3) is 2.35. The maximum absolute atomic E-state index is 4.05. The summed E-state index contributed by atoms with van der Waals surface area (Å²) in [5.41, 5.74) is 2.43. The Morgan fingerprint density at radius 2 is 2.17 bits per heavy atom. The molecule has 0 unspecified atom stereocenters. The van der Waals surface area contributed by atoms with Crippen LogP contribution in [-0.2, 0) is 0 Å². The van der Waals surface area contributed by atoms with Gasteiger partial charge in [-0.05, 0) is 31.0 Å². The summed E-state index contributed by atoms with van der Waals surface area (Å²) in [6.07, 6.45) is 11.8. The smallest absolute Gasteiger partial charge is 0.0342 e. The lowest BCUT2D eigenvalue weighted by molar-refractivity contribution is 1.27. The standard InChI is InChI=1S/C11H13N/c1-3-4-5-6-11-9-12-8-7-10(11)2/h3-9H,1-2H3/b4-3-,6-5-. The van der Waals surface area contributed by atoms with Crippen LogP contribution in [0.25, 0.3) is 6.08 Å². The molecule has 12 heavy (non-hydrogen) atoms. The van der Waals surface area contributed by atoms with Crippen molar-refractivity contribution in [1.29, 1.82) is 0 Å². The normalized spacial score (nSPS) is 11.5.